The second kappa shape index (κ2) is 5.42. The van der Waals surface area contributed by atoms with Crippen molar-refractivity contribution in [2.24, 2.45) is 0 Å². The third-order valence-electron chi connectivity index (χ3n) is 2.35. The lowest BCUT2D eigenvalue weighted by molar-refractivity contribution is 0.585. The zero-order valence-corrected chi connectivity index (χ0v) is 11.3. The van der Waals surface area contributed by atoms with E-state index in [4.69, 9.17) is 0 Å². The third kappa shape index (κ3) is 3.64. The highest BCUT2D eigenvalue weighted by molar-refractivity contribution is 7.09. The van der Waals surface area contributed by atoms with Crippen molar-refractivity contribution in [3.8, 4) is 0 Å². The van der Waals surface area contributed by atoms with Crippen LogP contribution in [0.4, 0.5) is 0 Å². The summed E-state index contributed by atoms with van der Waals surface area (Å²) >= 11 is 1.70. The molecule has 0 aliphatic carbocycles. The molecular formula is C12H18N4S. The van der Waals surface area contributed by atoms with Crippen molar-refractivity contribution in [3.63, 3.8) is 0 Å². The molecule has 0 amide bonds. The van der Waals surface area contributed by atoms with Crippen LogP contribution >= 0.6 is 11.3 Å². The van der Waals surface area contributed by atoms with Gasteiger partial charge < -0.3 is 5.32 Å². The lowest BCUT2D eigenvalue weighted by atomic mass is 10.4. The van der Waals surface area contributed by atoms with E-state index in [1.807, 2.05) is 24.0 Å². The zero-order valence-electron chi connectivity index (χ0n) is 10.5. The summed E-state index contributed by atoms with van der Waals surface area (Å²) in [5.41, 5.74) is 2.26. The molecule has 0 fully saturated rings. The van der Waals surface area contributed by atoms with Crippen molar-refractivity contribution in [3.05, 3.63) is 34.0 Å². The van der Waals surface area contributed by atoms with Crippen molar-refractivity contribution < 1.29 is 0 Å². The fraction of sp³-hybridized carbons (Fsp3) is 0.500. The average molecular weight is 250 g/mol. The van der Waals surface area contributed by atoms with Crippen LogP contribution in [0.2, 0.25) is 0 Å². The molecule has 0 unspecified atom stereocenters. The van der Waals surface area contributed by atoms with E-state index in [1.165, 1.54) is 5.56 Å². The second-order valence-electron chi connectivity index (χ2n) is 4.48. The highest BCUT2D eigenvalue weighted by atomic mass is 32.1. The quantitative estimate of drug-likeness (QED) is 0.884. The predicted octanol–water partition coefficient (Wildman–Crippen LogP) is 2.19. The summed E-state index contributed by atoms with van der Waals surface area (Å²) in [4.78, 5) is 4.58. The van der Waals surface area contributed by atoms with Gasteiger partial charge >= 0.3 is 0 Å². The molecule has 0 saturated carbocycles. The predicted molar refractivity (Wildman–Crippen MR) is 70.2 cm³/mol. The van der Waals surface area contributed by atoms with Crippen molar-refractivity contribution >= 4 is 11.3 Å². The number of nitrogens with one attached hydrogen (secondary N) is 1. The molecule has 0 spiro atoms. The monoisotopic (exact) mass is 250 g/mol. The Morgan fingerprint density at radius 3 is 2.94 bits per heavy atom. The molecule has 17 heavy (non-hydrogen) atoms. The first-order valence-electron chi connectivity index (χ1n) is 5.79. The summed E-state index contributed by atoms with van der Waals surface area (Å²) in [5.74, 6) is 0. The van der Waals surface area contributed by atoms with Gasteiger partial charge in [-0.2, -0.15) is 5.10 Å². The molecule has 2 heterocycles. The number of hydrogen-bond acceptors (Lipinski definition) is 4. The molecule has 0 aliphatic heterocycles. The average Bonchev–Trinajstić information content (AvgIpc) is 2.86. The Kier molecular flexibility index (Phi) is 3.91. The fourth-order valence-electron chi connectivity index (χ4n) is 1.51. The van der Waals surface area contributed by atoms with Gasteiger partial charge in [0.1, 0.15) is 5.01 Å². The number of nitrogens with zero attached hydrogens (tertiary/aromatic N) is 3. The SMILES string of the molecule is Cc1cnn(Cc2csc(CNC(C)C)n2)c1. The van der Waals surface area contributed by atoms with Gasteiger partial charge in [0, 0.05) is 24.2 Å². The van der Waals surface area contributed by atoms with Gasteiger partial charge in [-0.15, -0.1) is 11.3 Å². The van der Waals surface area contributed by atoms with E-state index in [9.17, 15) is 0 Å². The molecule has 4 nitrogen and oxygen atoms in total. The molecule has 1 N–H and O–H groups in total. The van der Waals surface area contributed by atoms with E-state index >= 15 is 0 Å². The standard InChI is InChI=1S/C12H18N4S/c1-9(2)13-5-12-15-11(8-17-12)7-16-6-10(3)4-14-16/h4,6,8-9,13H,5,7H2,1-3H3. The van der Waals surface area contributed by atoms with Crippen molar-refractivity contribution in [2.45, 2.75) is 39.9 Å². The van der Waals surface area contributed by atoms with Crippen LogP contribution in [0, 0.1) is 6.92 Å². The molecule has 2 rings (SSSR count). The molecular weight excluding hydrogens is 232 g/mol. The summed E-state index contributed by atoms with van der Waals surface area (Å²) < 4.78 is 1.92. The molecule has 2 aromatic heterocycles. The molecule has 0 aliphatic rings. The first-order valence-corrected chi connectivity index (χ1v) is 6.67. The maximum atomic E-state index is 4.58. The van der Waals surface area contributed by atoms with Crippen LogP contribution in [-0.4, -0.2) is 20.8 Å². The highest BCUT2D eigenvalue weighted by Crippen LogP contribution is 2.11. The molecule has 2 aromatic rings. The summed E-state index contributed by atoms with van der Waals surface area (Å²) in [7, 11) is 0. The topological polar surface area (TPSA) is 42.7 Å². The van der Waals surface area contributed by atoms with Gasteiger partial charge in [-0.05, 0) is 12.5 Å². The smallest absolute Gasteiger partial charge is 0.107 e. The first kappa shape index (κ1) is 12.3. The summed E-state index contributed by atoms with van der Waals surface area (Å²) in [6.45, 7) is 7.93. The Morgan fingerprint density at radius 1 is 1.47 bits per heavy atom. The van der Waals surface area contributed by atoms with Crippen molar-refractivity contribution in [1.29, 1.82) is 0 Å². The highest BCUT2D eigenvalue weighted by Gasteiger charge is 2.04. The van der Waals surface area contributed by atoms with Crippen LogP contribution in [0.25, 0.3) is 0 Å². The van der Waals surface area contributed by atoms with Gasteiger partial charge in [-0.3, -0.25) is 4.68 Å². The number of rotatable bonds is 5. The minimum absolute atomic E-state index is 0.496. The van der Waals surface area contributed by atoms with Crippen molar-refractivity contribution in [1.82, 2.24) is 20.1 Å². The van der Waals surface area contributed by atoms with Gasteiger partial charge in [0.25, 0.3) is 0 Å². The molecule has 5 heteroatoms. The third-order valence-corrected chi connectivity index (χ3v) is 3.24. The number of thiazole rings is 1. The molecule has 0 radical (unpaired) electrons. The van der Waals surface area contributed by atoms with E-state index < -0.39 is 0 Å². The van der Waals surface area contributed by atoms with E-state index in [1.54, 1.807) is 11.3 Å². The van der Waals surface area contributed by atoms with Gasteiger partial charge in [-0.25, -0.2) is 4.98 Å². The second-order valence-corrected chi connectivity index (χ2v) is 5.43. The van der Waals surface area contributed by atoms with Gasteiger partial charge in [0.05, 0.1) is 18.4 Å². The van der Waals surface area contributed by atoms with E-state index in [0.29, 0.717) is 6.04 Å². The Hall–Kier alpha value is -1.20. The molecule has 0 bridgehead atoms. The normalized spacial score (nSPS) is 11.3. The Morgan fingerprint density at radius 2 is 2.29 bits per heavy atom. The number of hydrogen-bond donors (Lipinski definition) is 1. The summed E-state index contributed by atoms with van der Waals surface area (Å²) in [6, 6.07) is 0.496. The Labute approximate surface area is 106 Å². The Balaban J connectivity index is 1.94. The molecule has 0 atom stereocenters. The van der Waals surface area contributed by atoms with Crippen LogP contribution in [-0.2, 0) is 13.1 Å². The van der Waals surface area contributed by atoms with E-state index in [2.05, 4.69) is 34.6 Å². The van der Waals surface area contributed by atoms with Crippen LogP contribution in [0.15, 0.2) is 17.8 Å². The summed E-state index contributed by atoms with van der Waals surface area (Å²) in [6.07, 6.45) is 3.90. The maximum Gasteiger partial charge on any atom is 0.107 e. The maximum absolute atomic E-state index is 4.58. The lowest BCUT2D eigenvalue weighted by Crippen LogP contribution is -2.21. The minimum atomic E-state index is 0.496. The van der Waals surface area contributed by atoms with Gasteiger partial charge in [-0.1, -0.05) is 13.8 Å². The van der Waals surface area contributed by atoms with Gasteiger partial charge in [0.15, 0.2) is 0 Å². The number of aromatic nitrogens is 3. The minimum Gasteiger partial charge on any atom is -0.308 e. The Bertz CT molecular complexity index is 472. The van der Waals surface area contributed by atoms with E-state index in [-0.39, 0.29) is 0 Å². The summed E-state index contributed by atoms with van der Waals surface area (Å²) in [5, 5.41) is 10.9. The number of aryl methyl sites for hydroxylation is 1. The van der Waals surface area contributed by atoms with Crippen LogP contribution in [0.5, 0.6) is 0 Å². The van der Waals surface area contributed by atoms with E-state index in [0.717, 1.165) is 23.8 Å². The largest absolute Gasteiger partial charge is 0.308 e. The van der Waals surface area contributed by atoms with Gasteiger partial charge in [0.2, 0.25) is 0 Å². The first-order chi connectivity index (χ1) is 8.13. The fourth-order valence-corrected chi connectivity index (χ4v) is 2.25. The van der Waals surface area contributed by atoms with Crippen LogP contribution in [0.3, 0.4) is 0 Å². The zero-order chi connectivity index (χ0) is 12.3. The molecule has 0 saturated heterocycles. The lowest BCUT2D eigenvalue weighted by Gasteiger charge is -2.04. The van der Waals surface area contributed by atoms with Crippen molar-refractivity contribution in [2.75, 3.05) is 0 Å². The molecule has 0 aromatic carbocycles. The van der Waals surface area contributed by atoms with Crippen LogP contribution < -0.4 is 5.32 Å². The van der Waals surface area contributed by atoms with Crippen LogP contribution in [0.1, 0.15) is 30.1 Å². The molecule has 92 valence electrons.